The molecule has 0 radical (unpaired) electrons. The van der Waals surface area contributed by atoms with Gasteiger partial charge in [0, 0.05) is 11.0 Å². The molecule has 0 aromatic heterocycles. The van der Waals surface area contributed by atoms with E-state index in [0.29, 0.717) is 11.1 Å². The van der Waals surface area contributed by atoms with Gasteiger partial charge in [-0.05, 0) is 42.7 Å². The smallest absolute Gasteiger partial charge is 0.116 e. The van der Waals surface area contributed by atoms with Crippen LogP contribution in [0.1, 0.15) is 40.0 Å². The Hall–Kier alpha value is -0.550. The summed E-state index contributed by atoms with van der Waals surface area (Å²) in [5.41, 5.74) is 0.965. The lowest BCUT2D eigenvalue weighted by molar-refractivity contribution is 0.154. The molecular formula is C17H25OP. The SMILES string of the molecule is CC1(C)C2CCC1(C)C(P(C)(=O)c1ccccc1)C2. The van der Waals surface area contributed by atoms with Gasteiger partial charge in [-0.3, -0.25) is 0 Å². The first-order chi connectivity index (χ1) is 8.80. The Morgan fingerprint density at radius 1 is 1.16 bits per heavy atom. The second-order valence-electron chi connectivity index (χ2n) is 7.45. The predicted octanol–water partition coefficient (Wildman–Crippen LogP) is 4.52. The molecule has 0 amide bonds. The van der Waals surface area contributed by atoms with E-state index in [1.807, 2.05) is 24.9 Å². The van der Waals surface area contributed by atoms with Gasteiger partial charge in [-0.1, -0.05) is 51.1 Å². The van der Waals surface area contributed by atoms with Gasteiger partial charge in [0.1, 0.15) is 7.14 Å². The van der Waals surface area contributed by atoms with Crippen LogP contribution in [0.4, 0.5) is 0 Å². The first-order valence-electron chi connectivity index (χ1n) is 7.43. The number of rotatable bonds is 2. The molecule has 2 bridgehead atoms. The topological polar surface area (TPSA) is 17.1 Å². The van der Waals surface area contributed by atoms with Crippen molar-refractivity contribution in [2.24, 2.45) is 16.7 Å². The number of hydrogen-bond acceptors (Lipinski definition) is 1. The highest BCUT2D eigenvalue weighted by atomic mass is 31.2. The molecule has 1 aromatic rings. The highest BCUT2D eigenvalue weighted by Crippen LogP contribution is 2.73. The fourth-order valence-electron chi connectivity index (χ4n) is 4.81. The quantitative estimate of drug-likeness (QED) is 0.726. The van der Waals surface area contributed by atoms with Gasteiger partial charge in [0.05, 0.1) is 0 Å². The molecule has 4 atom stereocenters. The molecular weight excluding hydrogens is 251 g/mol. The zero-order valence-corrected chi connectivity index (χ0v) is 13.4. The zero-order valence-electron chi connectivity index (χ0n) is 12.5. The van der Waals surface area contributed by atoms with E-state index in [4.69, 9.17) is 0 Å². The third-order valence-electron chi connectivity index (χ3n) is 6.61. The molecule has 2 aliphatic carbocycles. The molecule has 1 aromatic carbocycles. The van der Waals surface area contributed by atoms with E-state index >= 15 is 0 Å². The second-order valence-corrected chi connectivity index (χ2v) is 10.6. The molecule has 0 aliphatic heterocycles. The average Bonchev–Trinajstić information content (AvgIpc) is 2.72. The second kappa shape index (κ2) is 3.98. The van der Waals surface area contributed by atoms with Crippen molar-refractivity contribution in [2.75, 3.05) is 6.66 Å². The maximum absolute atomic E-state index is 13.5. The molecule has 2 fully saturated rings. The van der Waals surface area contributed by atoms with Crippen molar-refractivity contribution in [1.29, 1.82) is 0 Å². The molecule has 104 valence electrons. The van der Waals surface area contributed by atoms with E-state index in [9.17, 15) is 4.57 Å². The minimum atomic E-state index is -2.28. The predicted molar refractivity (Wildman–Crippen MR) is 82.6 cm³/mol. The number of hydrogen-bond donors (Lipinski definition) is 0. The first kappa shape index (κ1) is 13.4. The molecule has 19 heavy (non-hydrogen) atoms. The van der Waals surface area contributed by atoms with Crippen molar-refractivity contribution in [3.05, 3.63) is 30.3 Å². The summed E-state index contributed by atoms with van der Waals surface area (Å²) >= 11 is 0. The molecule has 2 heteroatoms. The summed E-state index contributed by atoms with van der Waals surface area (Å²) in [6.45, 7) is 9.21. The highest BCUT2D eigenvalue weighted by molar-refractivity contribution is 7.71. The van der Waals surface area contributed by atoms with E-state index in [-0.39, 0.29) is 5.41 Å². The summed E-state index contributed by atoms with van der Waals surface area (Å²) in [6.07, 6.45) is 3.74. The molecule has 0 heterocycles. The Balaban J connectivity index is 2.03. The summed E-state index contributed by atoms with van der Waals surface area (Å²) in [5, 5.41) is 1.07. The van der Waals surface area contributed by atoms with Crippen molar-refractivity contribution >= 4 is 12.4 Å². The van der Waals surface area contributed by atoms with Gasteiger partial charge in [0.2, 0.25) is 0 Å². The van der Waals surface area contributed by atoms with Crippen molar-refractivity contribution in [1.82, 2.24) is 0 Å². The fraction of sp³-hybridized carbons (Fsp3) is 0.647. The van der Waals surface area contributed by atoms with Crippen LogP contribution in [0.15, 0.2) is 30.3 Å². The Morgan fingerprint density at radius 2 is 1.79 bits per heavy atom. The lowest BCUT2D eigenvalue weighted by Gasteiger charge is -2.41. The monoisotopic (exact) mass is 276 g/mol. The van der Waals surface area contributed by atoms with Crippen molar-refractivity contribution < 1.29 is 4.57 Å². The molecule has 0 spiro atoms. The lowest BCUT2D eigenvalue weighted by atomic mass is 9.71. The van der Waals surface area contributed by atoms with Crippen LogP contribution in [0.25, 0.3) is 0 Å². The van der Waals surface area contributed by atoms with E-state index in [1.165, 1.54) is 12.8 Å². The van der Waals surface area contributed by atoms with Crippen LogP contribution in [0.5, 0.6) is 0 Å². The van der Waals surface area contributed by atoms with Crippen LogP contribution in [0.3, 0.4) is 0 Å². The summed E-state index contributed by atoms with van der Waals surface area (Å²) in [6, 6.07) is 10.2. The van der Waals surface area contributed by atoms with Crippen LogP contribution in [0, 0.1) is 16.7 Å². The highest BCUT2D eigenvalue weighted by Gasteiger charge is 2.64. The molecule has 0 N–H and O–H groups in total. The van der Waals surface area contributed by atoms with Crippen LogP contribution < -0.4 is 5.30 Å². The Kier molecular flexibility index (Phi) is 2.81. The maximum atomic E-state index is 13.5. The Morgan fingerprint density at radius 3 is 2.26 bits per heavy atom. The molecule has 1 nitrogen and oxygen atoms in total. The summed E-state index contributed by atoms with van der Waals surface area (Å²) in [7, 11) is -2.28. The van der Waals surface area contributed by atoms with Crippen LogP contribution >= 0.6 is 7.14 Å². The third-order valence-corrected chi connectivity index (χ3v) is 9.91. The van der Waals surface area contributed by atoms with Gasteiger partial charge in [-0.25, -0.2) is 0 Å². The van der Waals surface area contributed by atoms with E-state index in [0.717, 1.165) is 17.6 Å². The number of fused-ring (bicyclic) bond motifs is 2. The van der Waals surface area contributed by atoms with E-state index in [1.54, 1.807) is 0 Å². The molecule has 0 saturated heterocycles. The van der Waals surface area contributed by atoms with Crippen LogP contribution in [-0.2, 0) is 4.57 Å². The van der Waals surface area contributed by atoms with Crippen molar-refractivity contribution in [3.8, 4) is 0 Å². The Bertz CT molecular complexity index is 533. The summed E-state index contributed by atoms with van der Waals surface area (Å²) in [4.78, 5) is 0. The standard InChI is InChI=1S/C17H25OP/c1-16(2)13-10-11-17(16,3)15(12-13)19(4,18)14-8-6-5-7-9-14/h5-9,13,15H,10-12H2,1-4H3. The van der Waals surface area contributed by atoms with Gasteiger partial charge >= 0.3 is 0 Å². The van der Waals surface area contributed by atoms with Crippen molar-refractivity contribution in [2.45, 2.75) is 45.7 Å². The van der Waals surface area contributed by atoms with E-state index in [2.05, 4.69) is 32.9 Å². The number of benzene rings is 1. The minimum absolute atomic E-state index is 0.248. The van der Waals surface area contributed by atoms with Gasteiger partial charge < -0.3 is 4.57 Å². The molecule has 4 unspecified atom stereocenters. The van der Waals surface area contributed by atoms with Crippen molar-refractivity contribution in [3.63, 3.8) is 0 Å². The largest absolute Gasteiger partial charge is 0.319 e. The normalized spacial score (nSPS) is 39.2. The zero-order chi connectivity index (χ0) is 13.9. The van der Waals surface area contributed by atoms with Gasteiger partial charge in [-0.2, -0.15) is 0 Å². The molecule has 2 saturated carbocycles. The van der Waals surface area contributed by atoms with Gasteiger partial charge in [0.15, 0.2) is 0 Å². The minimum Gasteiger partial charge on any atom is -0.319 e. The summed E-state index contributed by atoms with van der Waals surface area (Å²) < 4.78 is 13.5. The van der Waals surface area contributed by atoms with Gasteiger partial charge in [0.25, 0.3) is 0 Å². The molecule has 2 aliphatic rings. The third kappa shape index (κ3) is 1.64. The maximum Gasteiger partial charge on any atom is 0.116 e. The van der Waals surface area contributed by atoms with E-state index < -0.39 is 7.14 Å². The average molecular weight is 276 g/mol. The van der Waals surface area contributed by atoms with Crippen LogP contribution in [-0.4, -0.2) is 12.3 Å². The lowest BCUT2D eigenvalue weighted by Crippen LogP contribution is -2.37. The first-order valence-corrected chi connectivity index (χ1v) is 9.65. The fourth-order valence-corrected chi connectivity index (χ4v) is 8.14. The Labute approximate surface area is 117 Å². The molecule has 3 rings (SSSR count). The summed E-state index contributed by atoms with van der Waals surface area (Å²) in [5.74, 6) is 0.763. The van der Waals surface area contributed by atoms with Crippen LogP contribution in [0.2, 0.25) is 0 Å². The van der Waals surface area contributed by atoms with Gasteiger partial charge in [-0.15, -0.1) is 0 Å².